The molecule has 0 saturated carbocycles. The summed E-state index contributed by atoms with van der Waals surface area (Å²) in [6.45, 7) is 4.31. The van der Waals surface area contributed by atoms with Crippen LogP contribution in [0.25, 0.3) is 0 Å². The van der Waals surface area contributed by atoms with Crippen molar-refractivity contribution in [3.8, 4) is 0 Å². The van der Waals surface area contributed by atoms with E-state index in [2.05, 4.69) is 26.0 Å². The lowest BCUT2D eigenvalue weighted by molar-refractivity contribution is -0.879. The van der Waals surface area contributed by atoms with Gasteiger partial charge >= 0.3 is 0 Å². The van der Waals surface area contributed by atoms with Crippen LogP contribution in [0.5, 0.6) is 0 Å². The molecule has 0 spiro atoms. The second-order valence-electron chi connectivity index (χ2n) is 8.05. The molecular weight excluding hydrogens is 342 g/mol. The minimum atomic E-state index is -0.985. The molecule has 1 amide bonds. The zero-order valence-electron chi connectivity index (χ0n) is 16.8. The Morgan fingerprint density at radius 2 is 1.89 bits per heavy atom. The van der Waals surface area contributed by atoms with E-state index in [1.165, 1.54) is 4.90 Å². The van der Waals surface area contributed by atoms with Crippen molar-refractivity contribution in [2.24, 2.45) is 11.8 Å². The first-order chi connectivity index (χ1) is 12.9. The van der Waals surface area contributed by atoms with Crippen LogP contribution in [0.15, 0.2) is 30.3 Å². The fourth-order valence-corrected chi connectivity index (χ4v) is 3.81. The Labute approximate surface area is 162 Å². The predicted molar refractivity (Wildman–Crippen MR) is 103 cm³/mol. The molecule has 6 nitrogen and oxygen atoms in total. The van der Waals surface area contributed by atoms with Gasteiger partial charge in [0.15, 0.2) is 0 Å². The van der Waals surface area contributed by atoms with Gasteiger partial charge in [-0.3, -0.25) is 4.79 Å². The number of carboxylic acid groups (broad SMARTS) is 1. The molecule has 1 heterocycles. The van der Waals surface area contributed by atoms with Gasteiger partial charge in [0.05, 0.1) is 20.1 Å². The molecule has 6 heteroatoms. The van der Waals surface area contributed by atoms with E-state index in [4.69, 9.17) is 0 Å². The molecule has 1 aliphatic rings. The van der Waals surface area contributed by atoms with Crippen molar-refractivity contribution >= 4 is 11.9 Å². The van der Waals surface area contributed by atoms with Crippen LogP contribution in [0.4, 0.5) is 0 Å². The summed E-state index contributed by atoms with van der Waals surface area (Å²) in [4.78, 5) is 29.4. The lowest BCUT2D eigenvalue weighted by Gasteiger charge is -2.39. The molecule has 150 valence electrons. The zero-order chi connectivity index (χ0) is 19.8. The number of piperidine rings is 1. The summed E-state index contributed by atoms with van der Waals surface area (Å²) >= 11 is 0. The highest BCUT2D eigenvalue weighted by molar-refractivity contribution is 5.94. The molecule has 1 aliphatic heterocycles. The summed E-state index contributed by atoms with van der Waals surface area (Å²) in [5.41, 5.74) is 0.698. The van der Waals surface area contributed by atoms with Crippen molar-refractivity contribution in [3.63, 3.8) is 0 Å². The van der Waals surface area contributed by atoms with Crippen LogP contribution in [-0.2, 0) is 4.79 Å². The Hall–Kier alpha value is -1.92. The van der Waals surface area contributed by atoms with E-state index < -0.39 is 5.97 Å². The molecule has 0 aromatic heterocycles. The Balaban J connectivity index is 1.97. The van der Waals surface area contributed by atoms with Crippen LogP contribution in [0, 0.1) is 11.8 Å². The van der Waals surface area contributed by atoms with Gasteiger partial charge in [0, 0.05) is 37.6 Å². The fourth-order valence-electron chi connectivity index (χ4n) is 3.81. The second-order valence-corrected chi connectivity index (χ2v) is 8.05. The maximum Gasteiger partial charge on any atom is 0.253 e. The zero-order valence-corrected chi connectivity index (χ0v) is 16.8. The van der Waals surface area contributed by atoms with Crippen molar-refractivity contribution in [1.82, 2.24) is 9.80 Å². The normalized spacial score (nSPS) is 21.3. The first-order valence-electron chi connectivity index (χ1n) is 9.87. The van der Waals surface area contributed by atoms with Gasteiger partial charge in [-0.15, -0.1) is 0 Å². The Kier molecular flexibility index (Phi) is 8.25. The molecule has 1 aromatic rings. The summed E-state index contributed by atoms with van der Waals surface area (Å²) in [6.07, 6.45) is 1.75. The molecule has 2 rings (SSSR count). The highest BCUT2D eigenvalue weighted by Crippen LogP contribution is 2.29. The third kappa shape index (κ3) is 6.96. The number of likely N-dealkylation sites (N-methyl/N-ethyl adjacent to an activating group) is 2. The van der Waals surface area contributed by atoms with Gasteiger partial charge in [-0.2, -0.15) is 0 Å². The summed E-state index contributed by atoms with van der Waals surface area (Å²) in [5, 5.41) is 11.2. The first kappa shape index (κ1) is 21.4. The average molecular weight is 376 g/mol. The number of nitrogens with one attached hydrogen (secondary N) is 1. The molecule has 0 radical (unpaired) electrons. The van der Waals surface area contributed by atoms with Gasteiger partial charge in [-0.1, -0.05) is 18.2 Å². The number of carbonyl (C=O) groups is 2. The molecule has 0 bridgehead atoms. The predicted octanol–water partition coefficient (Wildman–Crippen LogP) is -0.629. The molecule has 1 fully saturated rings. The minimum Gasteiger partial charge on any atom is -0.550 e. The highest BCUT2D eigenvalue weighted by atomic mass is 16.4. The smallest absolute Gasteiger partial charge is 0.253 e. The fraction of sp³-hybridized carbons (Fsp3) is 0.619. The number of hydrogen-bond donors (Lipinski definition) is 1. The summed E-state index contributed by atoms with van der Waals surface area (Å²) < 4.78 is 0. The molecule has 1 unspecified atom stereocenters. The quantitative estimate of drug-likeness (QED) is 0.624. The topological polar surface area (TPSA) is 68.1 Å². The third-order valence-electron chi connectivity index (χ3n) is 5.56. The number of aliphatic carboxylic acids is 1. The van der Waals surface area contributed by atoms with Crippen LogP contribution >= 0.6 is 0 Å². The van der Waals surface area contributed by atoms with Crippen molar-refractivity contribution in [1.29, 1.82) is 0 Å². The molecule has 27 heavy (non-hydrogen) atoms. The van der Waals surface area contributed by atoms with E-state index in [1.54, 1.807) is 0 Å². The van der Waals surface area contributed by atoms with Crippen LogP contribution in [0.3, 0.4) is 0 Å². The number of benzene rings is 1. The van der Waals surface area contributed by atoms with Gasteiger partial charge in [0.25, 0.3) is 5.91 Å². The number of likely N-dealkylation sites (tertiary alicyclic amines) is 1. The van der Waals surface area contributed by atoms with Gasteiger partial charge in [-0.25, -0.2) is 0 Å². The maximum absolute atomic E-state index is 12.8. The molecule has 1 N–H and O–H groups in total. The van der Waals surface area contributed by atoms with E-state index in [9.17, 15) is 14.7 Å². The average Bonchev–Trinajstić information content (AvgIpc) is 2.65. The third-order valence-corrected chi connectivity index (χ3v) is 5.56. The number of carboxylic acids is 1. The Morgan fingerprint density at radius 1 is 1.19 bits per heavy atom. The monoisotopic (exact) mass is 375 g/mol. The van der Waals surface area contributed by atoms with E-state index in [0.29, 0.717) is 18.7 Å². The van der Waals surface area contributed by atoms with E-state index in [0.717, 1.165) is 32.5 Å². The van der Waals surface area contributed by atoms with Crippen molar-refractivity contribution < 1.29 is 19.6 Å². The number of hydrogen-bond acceptors (Lipinski definition) is 4. The number of carbonyl (C=O) groups excluding carboxylic acids is 2. The van der Waals surface area contributed by atoms with Crippen LogP contribution in [0.1, 0.15) is 29.6 Å². The van der Waals surface area contributed by atoms with Crippen LogP contribution in [-0.4, -0.2) is 75.5 Å². The molecule has 1 saturated heterocycles. The highest BCUT2D eigenvalue weighted by Gasteiger charge is 2.32. The number of nitrogens with zero attached hydrogens (tertiary/aromatic N) is 2. The van der Waals surface area contributed by atoms with Gasteiger partial charge in [0.2, 0.25) is 0 Å². The van der Waals surface area contributed by atoms with Gasteiger partial charge in [0.1, 0.15) is 0 Å². The second kappa shape index (κ2) is 10.4. The maximum atomic E-state index is 12.8. The van der Waals surface area contributed by atoms with Crippen LogP contribution < -0.4 is 10.0 Å². The summed E-state index contributed by atoms with van der Waals surface area (Å²) in [7, 11) is 6.31. The molecule has 1 aromatic carbocycles. The molecule has 3 atom stereocenters. The van der Waals surface area contributed by atoms with Crippen molar-refractivity contribution in [3.05, 3.63) is 35.9 Å². The molecular formula is C21H33N3O3. The standard InChI is InChI=1S/C21H33N3O3/c1-22(2)13-14-23(3)11-9-19-16-24(12-10-18(19)15-20(25)26)21(27)17-7-5-4-6-8-17/h4-8,18-19H,9-16H2,1-3H3,(H,25,26)/t18-,19-/m0/s1. The van der Waals surface area contributed by atoms with E-state index in [-0.39, 0.29) is 24.2 Å². The van der Waals surface area contributed by atoms with Crippen LogP contribution in [0.2, 0.25) is 0 Å². The minimum absolute atomic E-state index is 0.0424. The Morgan fingerprint density at radius 3 is 2.52 bits per heavy atom. The lowest BCUT2D eigenvalue weighted by Crippen LogP contribution is -3.09. The molecule has 0 aliphatic carbocycles. The number of amides is 1. The first-order valence-corrected chi connectivity index (χ1v) is 9.87. The van der Waals surface area contributed by atoms with Gasteiger partial charge < -0.3 is 24.6 Å². The lowest BCUT2D eigenvalue weighted by atomic mass is 9.81. The Bertz CT molecular complexity index is 606. The summed E-state index contributed by atoms with van der Waals surface area (Å²) in [6, 6.07) is 9.32. The van der Waals surface area contributed by atoms with E-state index in [1.807, 2.05) is 35.2 Å². The van der Waals surface area contributed by atoms with Crippen molar-refractivity contribution in [2.45, 2.75) is 19.3 Å². The van der Waals surface area contributed by atoms with Crippen molar-refractivity contribution in [2.75, 3.05) is 53.9 Å². The number of rotatable bonds is 9. The van der Waals surface area contributed by atoms with E-state index >= 15 is 0 Å². The van der Waals surface area contributed by atoms with Gasteiger partial charge in [-0.05, 0) is 50.9 Å². The largest absolute Gasteiger partial charge is 0.550 e. The summed E-state index contributed by atoms with van der Waals surface area (Å²) in [5.74, 6) is -0.642. The SMILES string of the molecule is CN(C)CC[NH+](C)CC[C@H]1CN(C(=O)c2ccccc2)CC[C@H]1CC(=O)[O-]. The number of quaternary nitrogens is 1.